The van der Waals surface area contributed by atoms with Crippen molar-refractivity contribution in [3.8, 4) is 11.5 Å². The van der Waals surface area contributed by atoms with Crippen molar-refractivity contribution in [3.05, 3.63) is 59.2 Å². The average molecular weight is 394 g/mol. The Labute approximate surface area is 173 Å². The standard InChI is InChI=1S/C25H31NO3/c1-29-20-9-5-17(6-10-20)14-24(28)26-13-12-25-11-3-2-4-21(25)23(26)15-18-7-8-19(27)16-22(18)25/h5-10,16,21,23-24,27-28H,2-4,11-15H2,1H3/t21-,23+,24?,25+/m0/s1. The van der Waals surface area contributed by atoms with Crippen molar-refractivity contribution in [1.29, 1.82) is 0 Å². The van der Waals surface area contributed by atoms with Crippen LogP contribution in [-0.2, 0) is 18.3 Å². The predicted molar refractivity (Wildman–Crippen MR) is 113 cm³/mol. The molecule has 154 valence electrons. The van der Waals surface area contributed by atoms with E-state index in [4.69, 9.17) is 4.74 Å². The number of methoxy groups -OCH3 is 1. The first-order valence-electron chi connectivity index (χ1n) is 11.0. The van der Waals surface area contributed by atoms with Crippen LogP contribution in [-0.4, -0.2) is 41.0 Å². The predicted octanol–water partition coefficient (Wildman–Crippen LogP) is 4.02. The highest BCUT2D eigenvalue weighted by Gasteiger charge is 2.54. The number of ether oxygens (including phenoxy) is 1. The largest absolute Gasteiger partial charge is 0.508 e. The molecular formula is C25H31NO3. The van der Waals surface area contributed by atoms with E-state index in [-0.39, 0.29) is 5.41 Å². The molecule has 0 amide bonds. The number of likely N-dealkylation sites (tertiary alicyclic amines) is 1. The second-order valence-electron chi connectivity index (χ2n) is 9.14. The van der Waals surface area contributed by atoms with E-state index in [1.54, 1.807) is 7.11 Å². The lowest BCUT2D eigenvalue weighted by atomic mass is 9.52. The molecule has 1 saturated heterocycles. The van der Waals surface area contributed by atoms with Crippen LogP contribution in [0, 0.1) is 5.92 Å². The molecule has 2 fully saturated rings. The summed E-state index contributed by atoms with van der Waals surface area (Å²) in [5, 5.41) is 21.4. The van der Waals surface area contributed by atoms with E-state index < -0.39 is 6.23 Å². The van der Waals surface area contributed by atoms with Crippen LogP contribution < -0.4 is 4.74 Å². The zero-order valence-corrected chi connectivity index (χ0v) is 17.2. The van der Waals surface area contributed by atoms with Crippen LogP contribution in [0.15, 0.2) is 42.5 Å². The second kappa shape index (κ2) is 7.33. The first kappa shape index (κ1) is 19.0. The maximum Gasteiger partial charge on any atom is 0.118 e. The zero-order chi connectivity index (χ0) is 20.0. The molecule has 2 bridgehead atoms. The van der Waals surface area contributed by atoms with Gasteiger partial charge < -0.3 is 14.9 Å². The van der Waals surface area contributed by atoms with Crippen LogP contribution in [0.25, 0.3) is 0 Å². The third-order valence-electron chi connectivity index (χ3n) is 7.82. The fraction of sp³-hybridized carbons (Fsp3) is 0.520. The molecule has 1 aliphatic heterocycles. The third-order valence-corrected chi connectivity index (χ3v) is 7.82. The van der Waals surface area contributed by atoms with Crippen molar-refractivity contribution in [2.75, 3.05) is 13.7 Å². The van der Waals surface area contributed by atoms with Gasteiger partial charge in [0.2, 0.25) is 0 Å². The molecule has 0 aromatic heterocycles. The van der Waals surface area contributed by atoms with Gasteiger partial charge in [0.05, 0.1) is 7.11 Å². The van der Waals surface area contributed by atoms with Crippen molar-refractivity contribution in [2.24, 2.45) is 5.92 Å². The van der Waals surface area contributed by atoms with Crippen LogP contribution >= 0.6 is 0 Å². The number of nitrogens with zero attached hydrogens (tertiary/aromatic N) is 1. The Morgan fingerprint density at radius 3 is 2.76 bits per heavy atom. The molecule has 0 radical (unpaired) electrons. The normalized spacial score (nSPS) is 29.6. The molecule has 0 spiro atoms. The highest BCUT2D eigenvalue weighted by atomic mass is 16.5. The van der Waals surface area contributed by atoms with Gasteiger partial charge in [0.1, 0.15) is 17.7 Å². The number of aromatic hydroxyl groups is 1. The molecule has 29 heavy (non-hydrogen) atoms. The monoisotopic (exact) mass is 393 g/mol. The fourth-order valence-corrected chi connectivity index (χ4v) is 6.48. The van der Waals surface area contributed by atoms with Gasteiger partial charge >= 0.3 is 0 Å². The molecule has 3 aliphatic rings. The van der Waals surface area contributed by atoms with E-state index in [0.29, 0.717) is 24.1 Å². The van der Waals surface area contributed by atoms with Crippen molar-refractivity contribution in [1.82, 2.24) is 4.90 Å². The van der Waals surface area contributed by atoms with Gasteiger partial charge in [-0.05, 0) is 72.6 Å². The lowest BCUT2D eigenvalue weighted by Gasteiger charge is -2.59. The lowest BCUT2D eigenvalue weighted by Crippen LogP contribution is -2.63. The third kappa shape index (κ3) is 3.13. The van der Waals surface area contributed by atoms with Gasteiger partial charge in [-0.1, -0.05) is 31.0 Å². The number of fused-ring (bicyclic) bond motifs is 1. The Kier molecular flexibility index (Phi) is 4.79. The van der Waals surface area contributed by atoms with Gasteiger partial charge in [0.15, 0.2) is 0 Å². The number of hydrogen-bond donors (Lipinski definition) is 2. The number of aliphatic hydroxyl groups is 1. The van der Waals surface area contributed by atoms with Crippen LogP contribution in [0.3, 0.4) is 0 Å². The van der Waals surface area contributed by atoms with Gasteiger partial charge in [0, 0.05) is 24.4 Å². The quantitative estimate of drug-likeness (QED) is 0.824. The highest BCUT2D eigenvalue weighted by molar-refractivity contribution is 5.45. The van der Waals surface area contributed by atoms with Gasteiger partial charge in [0.25, 0.3) is 0 Å². The molecule has 4 atom stereocenters. The summed E-state index contributed by atoms with van der Waals surface area (Å²) < 4.78 is 5.25. The van der Waals surface area contributed by atoms with E-state index >= 15 is 0 Å². The van der Waals surface area contributed by atoms with Crippen LogP contribution in [0.5, 0.6) is 11.5 Å². The molecule has 5 rings (SSSR count). The molecule has 2 aromatic rings. The number of rotatable bonds is 4. The minimum Gasteiger partial charge on any atom is -0.508 e. The number of piperidine rings is 1. The average Bonchev–Trinajstić information content (AvgIpc) is 2.75. The lowest BCUT2D eigenvalue weighted by molar-refractivity contribution is -0.0983. The van der Waals surface area contributed by atoms with Crippen LogP contribution in [0.2, 0.25) is 0 Å². The highest BCUT2D eigenvalue weighted by Crippen LogP contribution is 2.56. The summed E-state index contributed by atoms with van der Waals surface area (Å²) in [5.41, 5.74) is 4.08. The smallest absolute Gasteiger partial charge is 0.118 e. The first-order valence-corrected chi connectivity index (χ1v) is 11.0. The number of phenolic OH excluding ortho intramolecular Hbond substituents is 1. The van der Waals surface area contributed by atoms with Gasteiger partial charge in [-0.3, -0.25) is 4.90 Å². The summed E-state index contributed by atoms with van der Waals surface area (Å²) >= 11 is 0. The summed E-state index contributed by atoms with van der Waals surface area (Å²) in [5.74, 6) is 1.81. The number of aliphatic hydroxyl groups excluding tert-OH is 1. The Balaban J connectivity index is 1.43. The Bertz CT molecular complexity index is 880. The molecule has 2 aliphatic carbocycles. The summed E-state index contributed by atoms with van der Waals surface area (Å²) in [7, 11) is 1.68. The minimum atomic E-state index is -0.466. The maximum absolute atomic E-state index is 11.2. The molecule has 1 heterocycles. The Morgan fingerprint density at radius 1 is 1.14 bits per heavy atom. The van der Waals surface area contributed by atoms with Crippen molar-refractivity contribution in [3.63, 3.8) is 0 Å². The summed E-state index contributed by atoms with van der Waals surface area (Å²) in [6.07, 6.45) is 7.21. The summed E-state index contributed by atoms with van der Waals surface area (Å²) in [6.45, 7) is 0.924. The fourth-order valence-electron chi connectivity index (χ4n) is 6.48. The molecule has 4 nitrogen and oxygen atoms in total. The number of benzene rings is 2. The summed E-state index contributed by atoms with van der Waals surface area (Å²) in [6, 6.07) is 14.4. The van der Waals surface area contributed by atoms with Crippen LogP contribution in [0.4, 0.5) is 0 Å². The topological polar surface area (TPSA) is 52.9 Å². The molecule has 1 unspecified atom stereocenters. The van der Waals surface area contributed by atoms with E-state index in [0.717, 1.165) is 30.7 Å². The first-order chi connectivity index (χ1) is 14.1. The second-order valence-corrected chi connectivity index (χ2v) is 9.14. The van der Waals surface area contributed by atoms with E-state index in [9.17, 15) is 10.2 Å². The zero-order valence-electron chi connectivity index (χ0n) is 17.2. The van der Waals surface area contributed by atoms with E-state index in [1.165, 1.54) is 36.8 Å². The number of phenols is 1. The van der Waals surface area contributed by atoms with E-state index in [2.05, 4.69) is 23.1 Å². The molecule has 2 N–H and O–H groups in total. The molecular weight excluding hydrogens is 362 g/mol. The Morgan fingerprint density at radius 2 is 1.97 bits per heavy atom. The number of hydrogen-bond acceptors (Lipinski definition) is 4. The SMILES string of the molecule is COc1ccc(CC(O)N2CC[C@]34CCCC[C@H]3[C@H]2Cc2ccc(O)cc24)cc1. The molecule has 4 heteroatoms. The van der Waals surface area contributed by atoms with Crippen molar-refractivity contribution < 1.29 is 14.9 Å². The van der Waals surface area contributed by atoms with Crippen LogP contribution in [0.1, 0.15) is 48.8 Å². The van der Waals surface area contributed by atoms with Gasteiger partial charge in [-0.15, -0.1) is 0 Å². The molecule has 1 saturated carbocycles. The minimum absolute atomic E-state index is 0.186. The van der Waals surface area contributed by atoms with E-state index in [1.807, 2.05) is 24.3 Å². The summed E-state index contributed by atoms with van der Waals surface area (Å²) in [4.78, 5) is 2.37. The maximum atomic E-state index is 11.2. The van der Waals surface area contributed by atoms with Gasteiger partial charge in [-0.2, -0.15) is 0 Å². The van der Waals surface area contributed by atoms with Crippen molar-refractivity contribution in [2.45, 2.75) is 62.6 Å². The van der Waals surface area contributed by atoms with Crippen molar-refractivity contribution >= 4 is 0 Å². The van der Waals surface area contributed by atoms with Gasteiger partial charge in [-0.25, -0.2) is 0 Å². The molecule has 2 aromatic carbocycles. The Hall–Kier alpha value is -2.04.